The zero-order valence-electron chi connectivity index (χ0n) is 19.6. The molecule has 1 fully saturated rings. The van der Waals surface area contributed by atoms with Crippen molar-refractivity contribution in [3.05, 3.63) is 59.4 Å². The second-order valence-electron chi connectivity index (χ2n) is 9.03. The van der Waals surface area contributed by atoms with Crippen LogP contribution in [0.2, 0.25) is 0 Å². The number of nitrogens with one attached hydrogen (secondary N) is 1. The average Bonchev–Trinajstić information content (AvgIpc) is 3.20. The van der Waals surface area contributed by atoms with Gasteiger partial charge in [-0.2, -0.15) is 23.8 Å². The number of halogens is 4. The predicted octanol–water partition coefficient (Wildman–Crippen LogP) is 1.36. The van der Waals surface area contributed by atoms with Gasteiger partial charge in [0.2, 0.25) is 5.91 Å². The van der Waals surface area contributed by atoms with E-state index in [0.717, 1.165) is 25.1 Å². The van der Waals surface area contributed by atoms with E-state index in [0.29, 0.717) is 9.80 Å². The second kappa shape index (κ2) is 9.53. The molecular formula is C22H22BF4N3O7S. The molecule has 2 aliphatic heterocycles. The average molecular weight is 559 g/mol. The van der Waals surface area contributed by atoms with E-state index in [1.807, 2.05) is 0 Å². The van der Waals surface area contributed by atoms with Gasteiger partial charge in [-0.1, -0.05) is 24.3 Å². The van der Waals surface area contributed by atoms with Crippen LogP contribution < -0.4 is 10.8 Å². The van der Waals surface area contributed by atoms with Crippen molar-refractivity contribution in [1.82, 2.24) is 15.1 Å². The summed E-state index contributed by atoms with van der Waals surface area (Å²) in [5.41, 5.74) is -2.02. The molecule has 204 valence electrons. The first kappa shape index (κ1) is 27.8. The Morgan fingerprint density at radius 2 is 1.82 bits per heavy atom. The van der Waals surface area contributed by atoms with Crippen LogP contribution in [0.25, 0.3) is 0 Å². The molecule has 0 radical (unpaired) electrons. The fraction of sp³-hybridized carbons (Fsp3) is 0.318. The number of alkyl halides is 3. The number of hydrogen-bond donors (Lipinski definition) is 5. The summed E-state index contributed by atoms with van der Waals surface area (Å²) in [6.45, 7) is -0.954. The lowest BCUT2D eigenvalue weighted by Gasteiger charge is -2.32. The van der Waals surface area contributed by atoms with Crippen LogP contribution >= 0.6 is 10.6 Å². The Hall–Kier alpha value is -3.18. The number of carbonyl (C=O) groups excluding carboxylic acids is 3. The molecule has 0 saturated carbocycles. The van der Waals surface area contributed by atoms with Crippen molar-refractivity contribution < 1.29 is 51.1 Å². The summed E-state index contributed by atoms with van der Waals surface area (Å²) in [6, 6.07) is 4.39. The molecule has 1 unspecified atom stereocenters. The zero-order valence-corrected chi connectivity index (χ0v) is 20.5. The molecule has 16 heteroatoms. The molecule has 0 aromatic heterocycles. The summed E-state index contributed by atoms with van der Waals surface area (Å²) in [5.74, 6) is -3.67. The van der Waals surface area contributed by atoms with Crippen LogP contribution in [-0.2, 0) is 21.7 Å². The van der Waals surface area contributed by atoms with Gasteiger partial charge in [-0.25, -0.2) is 9.18 Å². The largest absolute Gasteiger partial charge is 0.488 e. The molecule has 1 saturated heterocycles. The van der Waals surface area contributed by atoms with Gasteiger partial charge in [0.15, 0.2) is 5.54 Å². The monoisotopic (exact) mass is 559 g/mol. The molecule has 2 heterocycles. The molecular weight excluding hydrogens is 537 g/mol. The molecule has 0 aliphatic carbocycles. The highest BCUT2D eigenvalue weighted by atomic mass is 32.3. The lowest BCUT2D eigenvalue weighted by Crippen LogP contribution is -2.51. The smallest absolute Gasteiger partial charge is 0.423 e. The van der Waals surface area contributed by atoms with Gasteiger partial charge in [0.05, 0.1) is 10.6 Å². The highest BCUT2D eigenvalue weighted by Crippen LogP contribution is 2.61. The Morgan fingerprint density at radius 1 is 1.18 bits per heavy atom. The number of nitrogens with zero attached hydrogens (tertiary/aromatic N) is 2. The fourth-order valence-corrected chi connectivity index (χ4v) is 6.49. The number of urea groups is 1. The van der Waals surface area contributed by atoms with Gasteiger partial charge in [0.1, 0.15) is 18.4 Å². The molecule has 38 heavy (non-hydrogen) atoms. The van der Waals surface area contributed by atoms with Gasteiger partial charge in [0.25, 0.3) is 5.91 Å². The normalized spacial score (nSPS) is 21.8. The second-order valence-corrected chi connectivity index (χ2v) is 11.1. The van der Waals surface area contributed by atoms with E-state index in [1.165, 1.54) is 24.3 Å². The maximum absolute atomic E-state index is 13.6. The van der Waals surface area contributed by atoms with Crippen LogP contribution in [0.15, 0.2) is 47.4 Å². The Kier molecular flexibility index (Phi) is 6.99. The first-order valence-electron chi connectivity index (χ1n) is 11.1. The minimum Gasteiger partial charge on any atom is -0.423 e. The van der Waals surface area contributed by atoms with Crippen molar-refractivity contribution in [2.24, 2.45) is 0 Å². The molecule has 5 N–H and O–H groups in total. The van der Waals surface area contributed by atoms with Gasteiger partial charge in [-0.3, -0.25) is 23.6 Å². The molecule has 2 aromatic carbocycles. The number of hydrogen-bond acceptors (Lipinski definition) is 7. The molecule has 2 atom stereocenters. The maximum atomic E-state index is 13.6. The Morgan fingerprint density at radius 3 is 2.39 bits per heavy atom. The van der Waals surface area contributed by atoms with Gasteiger partial charge in [-0.15, -0.1) is 0 Å². The van der Waals surface area contributed by atoms with E-state index in [9.17, 15) is 51.1 Å². The standard InChI is InChI=1S/C22H22BF4N3O7S/c1-12(22(25,26)27)29(9-13-2-5-15(24)6-3-13)18(31)10-30-19(32)21(28-20(30)33)11-38(36,37)17-8-14(23(34)35)4-7-16(17)21/h2-8,12,34-37H,9-11H2,1H3,(H,28,33)/t12-,21?/m0/s1. The van der Waals surface area contributed by atoms with Crippen LogP contribution in [0.1, 0.15) is 18.1 Å². The first-order valence-corrected chi connectivity index (χ1v) is 12.8. The highest BCUT2D eigenvalue weighted by Gasteiger charge is 2.60. The summed E-state index contributed by atoms with van der Waals surface area (Å²) >= 11 is 0. The van der Waals surface area contributed by atoms with E-state index in [1.54, 1.807) is 0 Å². The number of imide groups is 1. The number of fused-ring (bicyclic) bond motifs is 2. The number of rotatable bonds is 6. The number of carbonyl (C=O) groups is 3. The molecule has 10 nitrogen and oxygen atoms in total. The van der Waals surface area contributed by atoms with E-state index < -0.39 is 78.0 Å². The van der Waals surface area contributed by atoms with Crippen molar-refractivity contribution in [1.29, 1.82) is 0 Å². The third-order valence-corrected chi connectivity index (χ3v) is 8.41. The van der Waals surface area contributed by atoms with Crippen molar-refractivity contribution in [2.75, 3.05) is 12.3 Å². The Bertz CT molecular complexity index is 1290. The Balaban J connectivity index is 1.63. The van der Waals surface area contributed by atoms with Crippen LogP contribution in [0.5, 0.6) is 0 Å². The zero-order chi connectivity index (χ0) is 28.2. The molecule has 2 aliphatic rings. The Labute approximate surface area is 215 Å². The van der Waals surface area contributed by atoms with E-state index >= 15 is 0 Å². The first-order chi connectivity index (χ1) is 17.6. The van der Waals surface area contributed by atoms with Gasteiger partial charge in [-0.05, 0) is 36.1 Å². The lowest BCUT2D eigenvalue weighted by atomic mass is 9.78. The minimum absolute atomic E-state index is 0.0537. The molecule has 2 aromatic rings. The van der Waals surface area contributed by atoms with Crippen LogP contribution in [0, 0.1) is 5.82 Å². The SMILES string of the molecule is C[C@H](N(Cc1ccc(F)cc1)C(=O)CN1C(=O)NC2(CS(O)(O)c3cc(B(O)O)ccc32)C1=O)C(F)(F)F. The maximum Gasteiger partial charge on any atom is 0.488 e. The highest BCUT2D eigenvalue weighted by molar-refractivity contribution is 8.24. The summed E-state index contributed by atoms with van der Waals surface area (Å²) in [5, 5.41) is 21.1. The molecule has 1 spiro atoms. The number of benzene rings is 2. The van der Waals surface area contributed by atoms with E-state index in [-0.39, 0.29) is 21.5 Å². The topological polar surface area (TPSA) is 151 Å². The summed E-state index contributed by atoms with van der Waals surface area (Å²) in [6.07, 6.45) is -4.86. The third-order valence-electron chi connectivity index (χ3n) is 6.53. The summed E-state index contributed by atoms with van der Waals surface area (Å²) < 4.78 is 75.2. The van der Waals surface area contributed by atoms with Crippen LogP contribution in [0.3, 0.4) is 0 Å². The van der Waals surface area contributed by atoms with Gasteiger partial charge < -0.3 is 20.3 Å². The van der Waals surface area contributed by atoms with Gasteiger partial charge >= 0.3 is 19.3 Å². The predicted molar refractivity (Wildman–Crippen MR) is 127 cm³/mol. The molecule has 0 bridgehead atoms. The summed E-state index contributed by atoms with van der Waals surface area (Å²) in [7, 11) is -5.67. The van der Waals surface area contributed by atoms with Crippen LogP contribution in [-0.4, -0.2) is 78.4 Å². The lowest BCUT2D eigenvalue weighted by molar-refractivity contribution is -0.187. The molecule has 4 amide bonds. The third kappa shape index (κ3) is 4.85. The van der Waals surface area contributed by atoms with Gasteiger partial charge in [0, 0.05) is 12.1 Å². The quantitative estimate of drug-likeness (QED) is 0.204. The van der Waals surface area contributed by atoms with Crippen molar-refractivity contribution in [2.45, 2.75) is 36.1 Å². The van der Waals surface area contributed by atoms with E-state index in [4.69, 9.17) is 0 Å². The van der Waals surface area contributed by atoms with Crippen molar-refractivity contribution in [3.63, 3.8) is 0 Å². The minimum atomic E-state index is -4.86. The van der Waals surface area contributed by atoms with E-state index in [2.05, 4.69) is 5.32 Å². The van der Waals surface area contributed by atoms with Crippen molar-refractivity contribution in [3.8, 4) is 0 Å². The van der Waals surface area contributed by atoms with Crippen LogP contribution in [0.4, 0.5) is 22.4 Å². The number of amides is 4. The fourth-order valence-electron chi connectivity index (χ4n) is 4.46. The molecule has 4 rings (SSSR count). The van der Waals surface area contributed by atoms with Crippen molar-refractivity contribution >= 4 is 41.0 Å². The summed E-state index contributed by atoms with van der Waals surface area (Å²) in [4.78, 5) is 39.9.